The number of methoxy groups -OCH3 is 1. The molecule has 0 aliphatic heterocycles. The van der Waals surface area contributed by atoms with Gasteiger partial charge >= 0.3 is 0 Å². The maximum atomic E-state index is 12.3. The van der Waals surface area contributed by atoms with Crippen molar-refractivity contribution in [2.24, 2.45) is 0 Å². The fraction of sp³-hybridized carbons (Fsp3) is 0.533. The van der Waals surface area contributed by atoms with Crippen molar-refractivity contribution in [2.45, 2.75) is 44.8 Å². The molecular weight excluding hydrogens is 240 g/mol. The second-order valence-corrected chi connectivity index (χ2v) is 5.12. The van der Waals surface area contributed by atoms with Gasteiger partial charge in [0.2, 0.25) is 0 Å². The zero-order valence-electron chi connectivity index (χ0n) is 11.4. The van der Waals surface area contributed by atoms with Crippen molar-refractivity contribution in [2.75, 3.05) is 12.8 Å². The molecule has 1 amide bonds. The van der Waals surface area contributed by atoms with Crippen LogP contribution in [0.25, 0.3) is 0 Å². The minimum atomic E-state index is -0.0673. The quantitative estimate of drug-likeness (QED) is 0.819. The van der Waals surface area contributed by atoms with Crippen LogP contribution in [0.15, 0.2) is 18.2 Å². The smallest absolute Gasteiger partial charge is 0.253 e. The van der Waals surface area contributed by atoms with Crippen LogP contribution in [0.1, 0.15) is 48.0 Å². The molecule has 1 fully saturated rings. The van der Waals surface area contributed by atoms with Crippen LogP contribution in [0.4, 0.5) is 5.69 Å². The highest BCUT2D eigenvalue weighted by molar-refractivity contribution is 5.99. The van der Waals surface area contributed by atoms with E-state index in [0.717, 1.165) is 18.4 Å². The van der Waals surface area contributed by atoms with E-state index in [0.29, 0.717) is 23.9 Å². The summed E-state index contributed by atoms with van der Waals surface area (Å²) >= 11 is 0. The predicted molar refractivity (Wildman–Crippen MR) is 75.9 cm³/mol. The van der Waals surface area contributed by atoms with Crippen LogP contribution in [0.5, 0.6) is 0 Å². The molecule has 1 saturated carbocycles. The number of hydrogen-bond acceptors (Lipinski definition) is 3. The van der Waals surface area contributed by atoms with Gasteiger partial charge in [-0.3, -0.25) is 4.79 Å². The molecule has 1 aliphatic rings. The molecular formula is C15H22N2O2. The molecule has 4 heteroatoms. The maximum Gasteiger partial charge on any atom is 0.253 e. The van der Waals surface area contributed by atoms with Crippen LogP contribution >= 0.6 is 0 Å². The lowest BCUT2D eigenvalue weighted by Crippen LogP contribution is -2.36. The first-order valence-corrected chi connectivity index (χ1v) is 6.89. The van der Waals surface area contributed by atoms with Gasteiger partial charge in [0.25, 0.3) is 5.91 Å². The minimum Gasteiger partial charge on any atom is -0.398 e. The van der Waals surface area contributed by atoms with E-state index in [4.69, 9.17) is 10.5 Å². The van der Waals surface area contributed by atoms with Crippen molar-refractivity contribution in [3.63, 3.8) is 0 Å². The molecule has 0 bridgehead atoms. The molecule has 0 saturated heterocycles. The highest BCUT2D eigenvalue weighted by Crippen LogP contribution is 2.21. The van der Waals surface area contributed by atoms with Gasteiger partial charge in [-0.1, -0.05) is 31.4 Å². The Morgan fingerprint density at radius 2 is 2.11 bits per heavy atom. The van der Waals surface area contributed by atoms with Gasteiger partial charge < -0.3 is 15.8 Å². The molecule has 1 aromatic carbocycles. The summed E-state index contributed by atoms with van der Waals surface area (Å²) in [4.78, 5) is 12.3. The first kappa shape index (κ1) is 13.9. The number of nitrogens with one attached hydrogen (secondary N) is 1. The molecule has 2 rings (SSSR count). The standard InChI is InChI=1S/C15H22N2O2/c1-19-10-11-6-5-9-13(14(11)16)15(18)17-12-7-3-2-4-8-12/h5-6,9,12H,2-4,7-8,10,16H2,1H3,(H,17,18). The van der Waals surface area contributed by atoms with Crippen molar-refractivity contribution in [3.05, 3.63) is 29.3 Å². The van der Waals surface area contributed by atoms with Crippen LogP contribution < -0.4 is 11.1 Å². The van der Waals surface area contributed by atoms with Crippen molar-refractivity contribution < 1.29 is 9.53 Å². The fourth-order valence-corrected chi connectivity index (χ4v) is 2.60. The van der Waals surface area contributed by atoms with Gasteiger partial charge in [-0.25, -0.2) is 0 Å². The molecule has 19 heavy (non-hydrogen) atoms. The molecule has 3 N–H and O–H groups in total. The molecule has 4 nitrogen and oxygen atoms in total. The molecule has 0 unspecified atom stereocenters. The third kappa shape index (κ3) is 3.47. The van der Waals surface area contributed by atoms with Gasteiger partial charge in [0.05, 0.1) is 12.2 Å². The molecule has 0 radical (unpaired) electrons. The first-order chi connectivity index (χ1) is 9.22. The highest BCUT2D eigenvalue weighted by Gasteiger charge is 2.18. The number of carbonyl (C=O) groups is 1. The summed E-state index contributed by atoms with van der Waals surface area (Å²) in [5.74, 6) is -0.0673. The SMILES string of the molecule is COCc1cccc(C(=O)NC2CCCCC2)c1N. The number of anilines is 1. The summed E-state index contributed by atoms with van der Waals surface area (Å²) in [5.41, 5.74) is 7.98. The summed E-state index contributed by atoms with van der Waals surface area (Å²) in [5, 5.41) is 3.09. The Morgan fingerprint density at radius 3 is 2.79 bits per heavy atom. The molecule has 104 valence electrons. The number of nitrogens with two attached hydrogens (primary N) is 1. The van der Waals surface area contributed by atoms with E-state index in [1.165, 1.54) is 19.3 Å². The van der Waals surface area contributed by atoms with Gasteiger partial charge in [0.15, 0.2) is 0 Å². The Hall–Kier alpha value is -1.55. The van der Waals surface area contributed by atoms with Gasteiger partial charge in [-0.15, -0.1) is 0 Å². The van der Waals surface area contributed by atoms with E-state index in [-0.39, 0.29) is 5.91 Å². The van der Waals surface area contributed by atoms with Crippen LogP contribution in [0.2, 0.25) is 0 Å². The first-order valence-electron chi connectivity index (χ1n) is 6.89. The third-order valence-electron chi connectivity index (χ3n) is 3.68. The zero-order valence-corrected chi connectivity index (χ0v) is 11.4. The number of carbonyl (C=O) groups excluding carboxylic acids is 1. The lowest BCUT2D eigenvalue weighted by Gasteiger charge is -2.23. The van der Waals surface area contributed by atoms with E-state index in [2.05, 4.69) is 5.32 Å². The second-order valence-electron chi connectivity index (χ2n) is 5.12. The summed E-state index contributed by atoms with van der Waals surface area (Å²) in [7, 11) is 1.62. The number of nitrogen functional groups attached to an aromatic ring is 1. The molecule has 1 aliphatic carbocycles. The summed E-state index contributed by atoms with van der Waals surface area (Å²) in [6, 6.07) is 5.80. The summed E-state index contributed by atoms with van der Waals surface area (Å²) in [6.07, 6.45) is 5.82. The van der Waals surface area contributed by atoms with Crippen LogP contribution in [0, 0.1) is 0 Å². The van der Waals surface area contributed by atoms with Gasteiger partial charge in [0.1, 0.15) is 0 Å². The average Bonchev–Trinajstić information content (AvgIpc) is 2.42. The average molecular weight is 262 g/mol. The van der Waals surface area contributed by atoms with E-state index < -0.39 is 0 Å². The summed E-state index contributed by atoms with van der Waals surface area (Å²) < 4.78 is 5.08. The Labute approximate surface area is 114 Å². The van der Waals surface area contributed by atoms with E-state index in [1.807, 2.05) is 12.1 Å². The van der Waals surface area contributed by atoms with Crippen LogP contribution in [-0.4, -0.2) is 19.1 Å². The Bertz CT molecular complexity index is 440. The topological polar surface area (TPSA) is 64.3 Å². The fourth-order valence-electron chi connectivity index (χ4n) is 2.60. The third-order valence-corrected chi connectivity index (χ3v) is 3.68. The number of hydrogen-bond donors (Lipinski definition) is 2. The maximum absolute atomic E-state index is 12.3. The number of para-hydroxylation sites is 1. The number of ether oxygens (including phenoxy) is 1. The Morgan fingerprint density at radius 1 is 1.37 bits per heavy atom. The molecule has 1 aromatic rings. The lowest BCUT2D eigenvalue weighted by molar-refractivity contribution is 0.0928. The lowest BCUT2D eigenvalue weighted by atomic mass is 9.95. The Balaban J connectivity index is 2.07. The van der Waals surface area contributed by atoms with Crippen molar-refractivity contribution >= 4 is 11.6 Å². The van der Waals surface area contributed by atoms with E-state index in [9.17, 15) is 4.79 Å². The second kappa shape index (κ2) is 6.57. The molecule has 0 aromatic heterocycles. The largest absolute Gasteiger partial charge is 0.398 e. The number of amides is 1. The van der Waals surface area contributed by atoms with Crippen LogP contribution in [0.3, 0.4) is 0 Å². The van der Waals surface area contributed by atoms with Gasteiger partial charge in [0, 0.05) is 24.4 Å². The zero-order chi connectivity index (χ0) is 13.7. The van der Waals surface area contributed by atoms with Crippen molar-refractivity contribution in [1.29, 1.82) is 0 Å². The molecule has 0 heterocycles. The normalized spacial score (nSPS) is 16.3. The summed E-state index contributed by atoms with van der Waals surface area (Å²) in [6.45, 7) is 0.427. The highest BCUT2D eigenvalue weighted by atomic mass is 16.5. The van der Waals surface area contributed by atoms with E-state index in [1.54, 1.807) is 13.2 Å². The van der Waals surface area contributed by atoms with Crippen LogP contribution in [-0.2, 0) is 11.3 Å². The Kier molecular flexibility index (Phi) is 4.80. The van der Waals surface area contributed by atoms with Gasteiger partial charge in [-0.2, -0.15) is 0 Å². The van der Waals surface area contributed by atoms with Gasteiger partial charge in [-0.05, 0) is 18.9 Å². The number of rotatable bonds is 4. The van der Waals surface area contributed by atoms with Crippen molar-refractivity contribution in [3.8, 4) is 0 Å². The minimum absolute atomic E-state index is 0.0673. The van der Waals surface area contributed by atoms with Crippen molar-refractivity contribution in [1.82, 2.24) is 5.32 Å². The monoisotopic (exact) mass is 262 g/mol. The molecule has 0 atom stereocenters. The predicted octanol–water partition coefficient (Wildman–Crippen LogP) is 2.48. The number of benzene rings is 1. The molecule has 0 spiro atoms. The van der Waals surface area contributed by atoms with E-state index >= 15 is 0 Å².